The summed E-state index contributed by atoms with van der Waals surface area (Å²) in [5.41, 5.74) is 3.49. The van der Waals surface area contributed by atoms with Crippen LogP contribution in [0.25, 0.3) is 16.4 Å². The van der Waals surface area contributed by atoms with Gasteiger partial charge in [-0.2, -0.15) is 10.4 Å². The zero-order chi connectivity index (χ0) is 23.6. The normalized spacial score (nSPS) is 11.3. The summed E-state index contributed by atoms with van der Waals surface area (Å²) in [6.45, 7) is 0. The van der Waals surface area contributed by atoms with Crippen molar-refractivity contribution in [3.05, 3.63) is 82.5 Å². The number of rotatable bonds is 7. The van der Waals surface area contributed by atoms with E-state index in [-0.39, 0.29) is 17.0 Å². The predicted octanol–water partition coefficient (Wildman–Crippen LogP) is 3.00. The van der Waals surface area contributed by atoms with Crippen molar-refractivity contribution in [2.75, 3.05) is 0 Å². The molecule has 4 rings (SSSR count). The molecule has 0 radical (unpaired) electrons. The van der Waals surface area contributed by atoms with Gasteiger partial charge >= 0.3 is 5.97 Å². The Morgan fingerprint density at radius 1 is 1.15 bits per heavy atom. The molecule has 0 atom stereocenters. The SMILES string of the molecule is N#CCc1c(Cc2ccc(S(N)(=O)=O)cc2)c(-c2ccccc2)nn1-c1nc(C(=O)O)cs1. The van der Waals surface area contributed by atoms with Crippen molar-refractivity contribution in [1.29, 1.82) is 5.26 Å². The number of hydrogen-bond acceptors (Lipinski definition) is 7. The predicted molar refractivity (Wildman–Crippen MR) is 122 cm³/mol. The average molecular weight is 480 g/mol. The minimum absolute atomic E-state index is 0.00598. The molecule has 0 amide bonds. The third-order valence-electron chi connectivity index (χ3n) is 4.91. The lowest BCUT2D eigenvalue weighted by Crippen LogP contribution is -2.12. The van der Waals surface area contributed by atoms with E-state index < -0.39 is 16.0 Å². The summed E-state index contributed by atoms with van der Waals surface area (Å²) in [6, 6.07) is 17.7. The number of aromatic nitrogens is 3. The molecule has 0 spiro atoms. The van der Waals surface area contributed by atoms with Crippen LogP contribution in [0.5, 0.6) is 0 Å². The highest BCUT2D eigenvalue weighted by Gasteiger charge is 2.23. The van der Waals surface area contributed by atoms with Gasteiger partial charge in [-0.25, -0.2) is 28.0 Å². The number of carboxylic acids is 1. The van der Waals surface area contributed by atoms with E-state index in [1.54, 1.807) is 12.1 Å². The first-order chi connectivity index (χ1) is 15.8. The number of thiazole rings is 1. The van der Waals surface area contributed by atoms with Gasteiger partial charge in [-0.15, -0.1) is 11.3 Å². The molecule has 0 fully saturated rings. The van der Waals surface area contributed by atoms with Gasteiger partial charge in [0, 0.05) is 22.9 Å². The number of primary sulfonamides is 1. The standard InChI is InChI=1S/C22H17N5O4S2/c23-11-10-19-17(12-14-6-8-16(9-7-14)33(24,30)31)20(15-4-2-1-3-5-15)26-27(19)22-25-18(13-32-22)21(28)29/h1-9,13H,10,12H2,(H,28,29)(H2,24,30,31). The molecule has 0 aliphatic carbocycles. The van der Waals surface area contributed by atoms with Crippen LogP contribution in [0.15, 0.2) is 64.9 Å². The number of carboxylic acid groups (broad SMARTS) is 1. The summed E-state index contributed by atoms with van der Waals surface area (Å²) >= 11 is 1.12. The molecule has 9 nitrogen and oxygen atoms in total. The van der Waals surface area contributed by atoms with E-state index in [2.05, 4.69) is 11.1 Å². The first kappa shape index (κ1) is 22.3. The van der Waals surface area contributed by atoms with Crippen molar-refractivity contribution < 1.29 is 18.3 Å². The van der Waals surface area contributed by atoms with Crippen molar-refractivity contribution in [2.45, 2.75) is 17.7 Å². The molecule has 2 aromatic heterocycles. The van der Waals surface area contributed by atoms with Gasteiger partial charge < -0.3 is 5.11 Å². The Kier molecular flexibility index (Phi) is 6.06. The summed E-state index contributed by atoms with van der Waals surface area (Å²) in [5, 5.41) is 30.4. The van der Waals surface area contributed by atoms with E-state index in [0.29, 0.717) is 22.9 Å². The van der Waals surface area contributed by atoms with E-state index >= 15 is 0 Å². The lowest BCUT2D eigenvalue weighted by atomic mass is 9.98. The fourth-order valence-electron chi connectivity index (χ4n) is 3.37. The van der Waals surface area contributed by atoms with E-state index in [1.165, 1.54) is 22.2 Å². The van der Waals surface area contributed by atoms with Crippen molar-refractivity contribution in [3.8, 4) is 22.5 Å². The van der Waals surface area contributed by atoms with Gasteiger partial charge in [0.05, 0.1) is 28.8 Å². The molecule has 0 saturated carbocycles. The van der Waals surface area contributed by atoms with Gasteiger partial charge in [0.15, 0.2) is 5.69 Å². The second-order valence-electron chi connectivity index (χ2n) is 7.07. The molecule has 0 bridgehead atoms. The summed E-state index contributed by atoms with van der Waals surface area (Å²) in [4.78, 5) is 15.5. The quantitative estimate of drug-likeness (QED) is 0.413. The van der Waals surface area contributed by atoms with Crippen LogP contribution in [0, 0.1) is 11.3 Å². The molecule has 0 unspecified atom stereocenters. The van der Waals surface area contributed by atoms with E-state index in [9.17, 15) is 23.6 Å². The van der Waals surface area contributed by atoms with E-state index in [1.807, 2.05) is 30.3 Å². The number of aromatic carboxylic acids is 1. The molecule has 11 heteroatoms. The Hall–Kier alpha value is -3.85. The van der Waals surface area contributed by atoms with Crippen molar-refractivity contribution in [3.63, 3.8) is 0 Å². The molecular formula is C22H17N5O4S2. The van der Waals surface area contributed by atoms with Crippen LogP contribution in [-0.4, -0.2) is 34.3 Å². The first-order valence-corrected chi connectivity index (χ1v) is 12.0. The fraction of sp³-hybridized carbons (Fsp3) is 0.0909. The Balaban J connectivity index is 1.87. The lowest BCUT2D eigenvalue weighted by Gasteiger charge is -2.07. The fourth-order valence-corrected chi connectivity index (χ4v) is 4.66. The number of hydrogen-bond donors (Lipinski definition) is 2. The molecule has 0 aliphatic heterocycles. The smallest absolute Gasteiger partial charge is 0.355 e. The van der Waals surface area contributed by atoms with Gasteiger partial charge in [-0.3, -0.25) is 0 Å². The highest BCUT2D eigenvalue weighted by Crippen LogP contribution is 2.31. The summed E-state index contributed by atoms with van der Waals surface area (Å²) < 4.78 is 24.7. The maximum Gasteiger partial charge on any atom is 0.355 e. The number of nitrogens with two attached hydrogens (primary N) is 1. The van der Waals surface area contributed by atoms with Crippen molar-refractivity contribution in [1.82, 2.24) is 14.8 Å². The van der Waals surface area contributed by atoms with E-state index in [0.717, 1.165) is 28.0 Å². The molecular weight excluding hydrogens is 462 g/mol. The molecule has 166 valence electrons. The summed E-state index contributed by atoms with van der Waals surface area (Å²) in [6.07, 6.45) is 0.385. The van der Waals surface area contributed by atoms with Crippen LogP contribution < -0.4 is 5.14 Å². The molecule has 0 saturated heterocycles. The zero-order valence-electron chi connectivity index (χ0n) is 17.0. The molecule has 0 aliphatic rings. The third kappa shape index (κ3) is 4.68. The van der Waals surface area contributed by atoms with Gasteiger partial charge in [0.25, 0.3) is 0 Å². The van der Waals surface area contributed by atoms with Gasteiger partial charge in [-0.05, 0) is 17.7 Å². The monoisotopic (exact) mass is 479 g/mol. The number of nitriles is 1. The molecule has 2 heterocycles. The van der Waals surface area contributed by atoms with Gasteiger partial charge in [0.1, 0.15) is 0 Å². The Bertz CT molecular complexity index is 1470. The minimum Gasteiger partial charge on any atom is -0.476 e. The number of nitrogens with zero attached hydrogens (tertiary/aromatic N) is 4. The van der Waals surface area contributed by atoms with Crippen LogP contribution in [0.1, 0.15) is 27.3 Å². The Morgan fingerprint density at radius 3 is 2.42 bits per heavy atom. The van der Waals surface area contributed by atoms with Gasteiger partial charge in [0.2, 0.25) is 15.2 Å². The molecule has 2 aromatic carbocycles. The second-order valence-corrected chi connectivity index (χ2v) is 9.47. The van der Waals surface area contributed by atoms with Crippen LogP contribution in [-0.2, 0) is 22.9 Å². The lowest BCUT2D eigenvalue weighted by molar-refractivity contribution is 0.0691. The Morgan fingerprint density at radius 2 is 1.85 bits per heavy atom. The molecule has 4 aromatic rings. The average Bonchev–Trinajstić information content (AvgIpc) is 3.40. The highest BCUT2D eigenvalue weighted by molar-refractivity contribution is 7.89. The van der Waals surface area contributed by atoms with Crippen molar-refractivity contribution in [2.24, 2.45) is 5.14 Å². The molecule has 3 N–H and O–H groups in total. The maximum absolute atomic E-state index is 11.6. The highest BCUT2D eigenvalue weighted by atomic mass is 32.2. The van der Waals surface area contributed by atoms with E-state index in [4.69, 9.17) is 10.2 Å². The maximum atomic E-state index is 11.6. The summed E-state index contributed by atoms with van der Waals surface area (Å²) in [7, 11) is -3.81. The van der Waals surface area contributed by atoms with Crippen LogP contribution in [0.2, 0.25) is 0 Å². The van der Waals surface area contributed by atoms with Crippen LogP contribution >= 0.6 is 11.3 Å². The zero-order valence-corrected chi connectivity index (χ0v) is 18.7. The molecule has 33 heavy (non-hydrogen) atoms. The second kappa shape index (κ2) is 8.95. The number of sulfonamides is 1. The number of carbonyl (C=O) groups is 1. The third-order valence-corrected chi connectivity index (χ3v) is 6.65. The summed E-state index contributed by atoms with van der Waals surface area (Å²) in [5.74, 6) is -1.15. The minimum atomic E-state index is -3.81. The first-order valence-electron chi connectivity index (χ1n) is 9.62. The van der Waals surface area contributed by atoms with Gasteiger partial charge in [-0.1, -0.05) is 42.5 Å². The van der Waals surface area contributed by atoms with Crippen LogP contribution in [0.4, 0.5) is 0 Å². The largest absolute Gasteiger partial charge is 0.476 e. The Labute approximate surface area is 193 Å². The van der Waals surface area contributed by atoms with Crippen LogP contribution in [0.3, 0.4) is 0 Å². The topological polar surface area (TPSA) is 152 Å². The van der Waals surface area contributed by atoms with Crippen molar-refractivity contribution >= 4 is 27.3 Å². The number of benzene rings is 2.